The van der Waals surface area contributed by atoms with Gasteiger partial charge in [0.1, 0.15) is 29.6 Å². The van der Waals surface area contributed by atoms with Crippen LogP contribution in [0.5, 0.6) is 11.5 Å². The lowest BCUT2D eigenvalue weighted by atomic mass is 10.00. The van der Waals surface area contributed by atoms with Crippen molar-refractivity contribution in [3.8, 4) is 11.5 Å². The van der Waals surface area contributed by atoms with Crippen molar-refractivity contribution in [1.82, 2.24) is 25.2 Å². The molecule has 38 heavy (non-hydrogen) atoms. The van der Waals surface area contributed by atoms with Crippen molar-refractivity contribution in [2.24, 2.45) is 0 Å². The first kappa shape index (κ1) is 26.7. The van der Waals surface area contributed by atoms with Gasteiger partial charge in [-0.1, -0.05) is 47.7 Å². The van der Waals surface area contributed by atoms with E-state index in [9.17, 15) is 9.59 Å². The molecule has 198 valence electrons. The molecule has 1 aromatic heterocycles. The summed E-state index contributed by atoms with van der Waals surface area (Å²) in [5, 5.41) is 11.4. The zero-order valence-electron chi connectivity index (χ0n) is 22.3. The van der Waals surface area contributed by atoms with Crippen LogP contribution in [-0.4, -0.2) is 51.5 Å². The number of hydrogen-bond acceptors (Lipinski definition) is 6. The SMILES string of the molecule is COc1cccc([C@@H](C(=O)NC(C)(C)C)N(Cc2ccccc2OC)C(=O)Cn2nnc3ccccc32)c1. The van der Waals surface area contributed by atoms with Gasteiger partial charge in [0.25, 0.3) is 0 Å². The summed E-state index contributed by atoms with van der Waals surface area (Å²) in [7, 11) is 3.15. The molecule has 4 rings (SSSR count). The van der Waals surface area contributed by atoms with Gasteiger partial charge in [0.05, 0.1) is 26.3 Å². The summed E-state index contributed by atoms with van der Waals surface area (Å²) >= 11 is 0. The second kappa shape index (κ2) is 11.3. The number of ether oxygens (including phenoxy) is 2. The van der Waals surface area contributed by atoms with Crippen LogP contribution in [-0.2, 0) is 22.7 Å². The minimum absolute atomic E-state index is 0.0983. The van der Waals surface area contributed by atoms with Gasteiger partial charge in [-0.25, -0.2) is 4.68 Å². The lowest BCUT2D eigenvalue weighted by Gasteiger charge is -2.34. The number of nitrogens with one attached hydrogen (secondary N) is 1. The van der Waals surface area contributed by atoms with Crippen LogP contribution in [0.25, 0.3) is 11.0 Å². The Balaban J connectivity index is 1.81. The quantitative estimate of drug-likeness (QED) is 0.360. The van der Waals surface area contributed by atoms with Crippen LogP contribution >= 0.6 is 0 Å². The lowest BCUT2D eigenvalue weighted by Crippen LogP contribution is -2.49. The molecule has 9 heteroatoms. The standard InChI is InChI=1S/C29H33N5O4/c1-29(2,3)30-28(36)27(20-12-10-13-22(17-20)37-4)33(18-21-11-6-9-16-25(21)38-5)26(35)19-34-24-15-8-7-14-23(24)31-32-34/h6-17,27H,18-19H2,1-5H3,(H,30,36)/t27-/m0/s1. The van der Waals surface area contributed by atoms with Gasteiger partial charge >= 0.3 is 0 Å². The fourth-order valence-corrected chi connectivity index (χ4v) is 4.32. The van der Waals surface area contributed by atoms with E-state index in [1.165, 1.54) is 0 Å². The number of amides is 2. The van der Waals surface area contributed by atoms with E-state index in [1.807, 2.05) is 81.4 Å². The Labute approximate surface area is 222 Å². The molecule has 0 spiro atoms. The molecule has 9 nitrogen and oxygen atoms in total. The largest absolute Gasteiger partial charge is 0.497 e. The minimum Gasteiger partial charge on any atom is -0.497 e. The number of fused-ring (bicyclic) bond motifs is 1. The maximum atomic E-state index is 14.1. The van der Waals surface area contributed by atoms with E-state index in [4.69, 9.17) is 9.47 Å². The highest BCUT2D eigenvalue weighted by atomic mass is 16.5. The van der Waals surface area contributed by atoms with Gasteiger partial charge in [-0.3, -0.25) is 9.59 Å². The molecular formula is C29H33N5O4. The predicted octanol–water partition coefficient (Wildman–Crippen LogP) is 4.13. The number of para-hydroxylation sites is 2. The minimum atomic E-state index is -0.948. The van der Waals surface area contributed by atoms with Crippen LogP contribution < -0.4 is 14.8 Å². The topological polar surface area (TPSA) is 98.6 Å². The van der Waals surface area contributed by atoms with Crippen molar-refractivity contribution in [1.29, 1.82) is 0 Å². The van der Waals surface area contributed by atoms with Crippen LogP contribution in [0.1, 0.15) is 37.9 Å². The second-order valence-electron chi connectivity index (χ2n) is 9.99. The number of methoxy groups -OCH3 is 2. The van der Waals surface area contributed by atoms with E-state index in [1.54, 1.807) is 35.9 Å². The van der Waals surface area contributed by atoms with E-state index < -0.39 is 11.6 Å². The molecule has 3 aromatic carbocycles. The zero-order valence-corrected chi connectivity index (χ0v) is 22.3. The number of carbonyl (C=O) groups excluding carboxylic acids is 2. The highest BCUT2D eigenvalue weighted by Crippen LogP contribution is 2.30. The third-order valence-electron chi connectivity index (χ3n) is 6.03. The molecule has 0 bridgehead atoms. The summed E-state index contributed by atoms with van der Waals surface area (Å²) in [6.07, 6.45) is 0. The first-order valence-electron chi connectivity index (χ1n) is 12.4. The summed E-state index contributed by atoms with van der Waals surface area (Å²) in [6.45, 7) is 5.75. The summed E-state index contributed by atoms with van der Waals surface area (Å²) in [4.78, 5) is 29.5. The Bertz CT molecular complexity index is 1430. The van der Waals surface area contributed by atoms with Crippen LogP contribution in [0, 0.1) is 0 Å². The van der Waals surface area contributed by atoms with E-state index in [0.29, 0.717) is 22.6 Å². The Morgan fingerprint density at radius 1 is 0.974 bits per heavy atom. The molecule has 0 aliphatic rings. The normalized spacial score (nSPS) is 12.1. The maximum Gasteiger partial charge on any atom is 0.247 e. The number of nitrogens with zero attached hydrogens (tertiary/aromatic N) is 4. The van der Waals surface area contributed by atoms with Crippen molar-refractivity contribution in [3.05, 3.63) is 83.9 Å². The molecule has 0 radical (unpaired) electrons. The van der Waals surface area contributed by atoms with Gasteiger partial charge in [0.15, 0.2) is 0 Å². The molecule has 2 amide bonds. The third kappa shape index (κ3) is 6.11. The highest BCUT2D eigenvalue weighted by molar-refractivity contribution is 5.89. The monoisotopic (exact) mass is 515 g/mol. The molecule has 0 fully saturated rings. The van der Waals surface area contributed by atoms with Gasteiger partial charge in [0, 0.05) is 11.1 Å². The van der Waals surface area contributed by atoms with Gasteiger partial charge in [-0.2, -0.15) is 0 Å². The average molecular weight is 516 g/mol. The Hall–Kier alpha value is -4.40. The fraction of sp³-hybridized carbons (Fsp3) is 0.310. The second-order valence-corrected chi connectivity index (χ2v) is 9.99. The molecular weight excluding hydrogens is 482 g/mol. The van der Waals surface area contributed by atoms with Gasteiger partial charge in [-0.05, 0) is 56.7 Å². The van der Waals surface area contributed by atoms with Crippen LogP contribution in [0.4, 0.5) is 0 Å². The summed E-state index contributed by atoms with van der Waals surface area (Å²) in [5.41, 5.74) is 2.29. The van der Waals surface area contributed by atoms with Crippen molar-refractivity contribution in [3.63, 3.8) is 0 Å². The number of carbonyl (C=O) groups is 2. The van der Waals surface area contributed by atoms with Crippen LogP contribution in [0.15, 0.2) is 72.8 Å². The lowest BCUT2D eigenvalue weighted by molar-refractivity contribution is -0.142. The molecule has 1 N–H and O–H groups in total. The van der Waals surface area contributed by atoms with Crippen LogP contribution in [0.2, 0.25) is 0 Å². The molecule has 0 aliphatic carbocycles. The van der Waals surface area contributed by atoms with E-state index in [2.05, 4.69) is 15.6 Å². The van der Waals surface area contributed by atoms with E-state index >= 15 is 0 Å². The average Bonchev–Trinajstić information content (AvgIpc) is 3.30. The van der Waals surface area contributed by atoms with Gasteiger partial charge in [0.2, 0.25) is 11.8 Å². The molecule has 0 saturated carbocycles. The van der Waals surface area contributed by atoms with E-state index in [0.717, 1.165) is 11.1 Å². The molecule has 0 unspecified atom stereocenters. The number of rotatable bonds is 9. The molecule has 1 atom stereocenters. The van der Waals surface area contributed by atoms with E-state index in [-0.39, 0.29) is 24.9 Å². The highest BCUT2D eigenvalue weighted by Gasteiger charge is 2.34. The first-order valence-corrected chi connectivity index (χ1v) is 12.4. The van der Waals surface area contributed by atoms with Crippen molar-refractivity contribution in [2.45, 2.75) is 45.4 Å². The first-order chi connectivity index (χ1) is 18.2. The molecule has 4 aromatic rings. The summed E-state index contributed by atoms with van der Waals surface area (Å²) in [6, 6.07) is 21.2. The Kier molecular flexibility index (Phi) is 7.95. The molecule has 1 heterocycles. The maximum absolute atomic E-state index is 14.1. The number of benzene rings is 3. The van der Waals surface area contributed by atoms with Crippen molar-refractivity contribution in [2.75, 3.05) is 14.2 Å². The van der Waals surface area contributed by atoms with Gasteiger partial charge < -0.3 is 19.7 Å². The third-order valence-corrected chi connectivity index (χ3v) is 6.03. The van der Waals surface area contributed by atoms with Crippen molar-refractivity contribution < 1.29 is 19.1 Å². The summed E-state index contributed by atoms with van der Waals surface area (Å²) in [5.74, 6) is 0.598. The number of aromatic nitrogens is 3. The molecule has 0 saturated heterocycles. The van der Waals surface area contributed by atoms with Crippen LogP contribution in [0.3, 0.4) is 0 Å². The Morgan fingerprint density at radius 3 is 2.45 bits per heavy atom. The predicted molar refractivity (Wildman–Crippen MR) is 145 cm³/mol. The molecule has 0 aliphatic heterocycles. The van der Waals surface area contributed by atoms with Gasteiger partial charge in [-0.15, -0.1) is 5.10 Å². The smallest absolute Gasteiger partial charge is 0.247 e. The Morgan fingerprint density at radius 2 is 1.71 bits per heavy atom. The number of hydrogen-bond donors (Lipinski definition) is 1. The van der Waals surface area contributed by atoms with Crippen molar-refractivity contribution >= 4 is 22.8 Å². The zero-order chi connectivity index (χ0) is 27.3. The summed E-state index contributed by atoms with van der Waals surface area (Å²) < 4.78 is 12.6. The fourth-order valence-electron chi connectivity index (χ4n) is 4.32.